The second kappa shape index (κ2) is 5.32. The van der Waals surface area contributed by atoms with Crippen LogP contribution in [0, 0.1) is 11.8 Å². The lowest BCUT2D eigenvalue weighted by Gasteiger charge is -2.18. The van der Waals surface area contributed by atoms with E-state index in [0.29, 0.717) is 23.9 Å². The van der Waals surface area contributed by atoms with Gasteiger partial charge in [-0.1, -0.05) is 0 Å². The lowest BCUT2D eigenvalue weighted by molar-refractivity contribution is -0.132. The summed E-state index contributed by atoms with van der Waals surface area (Å²) in [4.78, 5) is 13.9. The van der Waals surface area contributed by atoms with Crippen LogP contribution >= 0.6 is 0 Å². The molecule has 1 aromatic rings. The number of likely N-dealkylation sites (tertiary alicyclic amines) is 1. The summed E-state index contributed by atoms with van der Waals surface area (Å²) >= 11 is 0. The smallest absolute Gasteiger partial charge is 0.260 e. The van der Waals surface area contributed by atoms with E-state index >= 15 is 0 Å². The van der Waals surface area contributed by atoms with Gasteiger partial charge in [0.05, 0.1) is 6.10 Å². The van der Waals surface area contributed by atoms with Crippen LogP contribution in [0.2, 0.25) is 0 Å². The van der Waals surface area contributed by atoms with Gasteiger partial charge in [0, 0.05) is 24.7 Å². The van der Waals surface area contributed by atoms with Crippen molar-refractivity contribution in [1.82, 2.24) is 4.90 Å². The van der Waals surface area contributed by atoms with E-state index in [4.69, 9.17) is 10.5 Å². The SMILES string of the molecule is Nc1ccc(OCC(=O)N2CC3CCC(O)C3C2)cc1. The first-order valence-electron chi connectivity index (χ1n) is 7.07. The van der Waals surface area contributed by atoms with Gasteiger partial charge in [-0.05, 0) is 43.0 Å². The number of anilines is 1. The Hall–Kier alpha value is -1.75. The lowest BCUT2D eigenvalue weighted by Crippen LogP contribution is -2.34. The Balaban J connectivity index is 1.52. The van der Waals surface area contributed by atoms with Crippen LogP contribution < -0.4 is 10.5 Å². The van der Waals surface area contributed by atoms with Crippen LogP contribution in [0.25, 0.3) is 0 Å². The Bertz CT molecular complexity index is 488. The number of fused-ring (bicyclic) bond motifs is 1. The second-order valence-corrected chi connectivity index (χ2v) is 5.73. The number of nitrogens with zero attached hydrogens (tertiary/aromatic N) is 1. The van der Waals surface area contributed by atoms with Gasteiger partial charge >= 0.3 is 0 Å². The Kier molecular flexibility index (Phi) is 3.53. The maximum Gasteiger partial charge on any atom is 0.260 e. The van der Waals surface area contributed by atoms with Crippen molar-refractivity contribution in [2.75, 3.05) is 25.4 Å². The number of aliphatic hydroxyl groups excluding tert-OH is 1. The summed E-state index contributed by atoms with van der Waals surface area (Å²) in [5.74, 6) is 1.36. The summed E-state index contributed by atoms with van der Waals surface area (Å²) in [6, 6.07) is 7.00. The molecule has 20 heavy (non-hydrogen) atoms. The summed E-state index contributed by atoms with van der Waals surface area (Å²) in [6.07, 6.45) is 1.66. The van der Waals surface area contributed by atoms with Crippen molar-refractivity contribution < 1.29 is 14.6 Å². The molecule has 3 atom stereocenters. The molecule has 5 nitrogen and oxygen atoms in total. The molecule has 2 aliphatic rings. The van der Waals surface area contributed by atoms with E-state index in [-0.39, 0.29) is 24.5 Å². The molecule has 0 spiro atoms. The number of aliphatic hydroxyl groups is 1. The largest absolute Gasteiger partial charge is 0.484 e. The minimum absolute atomic E-state index is 0.0107. The maximum absolute atomic E-state index is 12.1. The Morgan fingerprint density at radius 3 is 2.75 bits per heavy atom. The van der Waals surface area contributed by atoms with Crippen LogP contribution in [0.3, 0.4) is 0 Å². The normalized spacial score (nSPS) is 28.4. The van der Waals surface area contributed by atoms with E-state index in [1.54, 1.807) is 24.3 Å². The molecule has 3 rings (SSSR count). The van der Waals surface area contributed by atoms with Gasteiger partial charge in [0.1, 0.15) is 5.75 Å². The zero-order valence-electron chi connectivity index (χ0n) is 11.4. The monoisotopic (exact) mass is 276 g/mol. The van der Waals surface area contributed by atoms with Crippen molar-refractivity contribution in [2.24, 2.45) is 11.8 Å². The van der Waals surface area contributed by atoms with E-state index in [1.165, 1.54) is 0 Å². The average molecular weight is 276 g/mol. The minimum Gasteiger partial charge on any atom is -0.484 e. The first-order chi connectivity index (χ1) is 9.63. The molecular weight excluding hydrogens is 256 g/mol. The molecule has 1 amide bonds. The number of rotatable bonds is 3. The number of hydrogen-bond donors (Lipinski definition) is 2. The van der Waals surface area contributed by atoms with Crippen molar-refractivity contribution >= 4 is 11.6 Å². The summed E-state index contributed by atoms with van der Waals surface area (Å²) in [6.45, 7) is 1.46. The molecule has 108 valence electrons. The molecule has 1 saturated carbocycles. The third-order valence-corrected chi connectivity index (χ3v) is 4.41. The van der Waals surface area contributed by atoms with Gasteiger partial charge in [-0.25, -0.2) is 0 Å². The molecule has 3 unspecified atom stereocenters. The highest BCUT2D eigenvalue weighted by atomic mass is 16.5. The summed E-state index contributed by atoms with van der Waals surface area (Å²) in [7, 11) is 0. The fourth-order valence-corrected chi connectivity index (χ4v) is 3.24. The van der Waals surface area contributed by atoms with Crippen LogP contribution in [0.15, 0.2) is 24.3 Å². The molecule has 5 heteroatoms. The highest BCUT2D eigenvalue weighted by Crippen LogP contribution is 2.38. The number of nitrogen functional groups attached to an aromatic ring is 1. The van der Waals surface area contributed by atoms with E-state index in [0.717, 1.165) is 19.4 Å². The number of benzene rings is 1. The van der Waals surface area contributed by atoms with Crippen LogP contribution in [0.1, 0.15) is 12.8 Å². The molecule has 1 aliphatic carbocycles. The van der Waals surface area contributed by atoms with Crippen molar-refractivity contribution in [3.05, 3.63) is 24.3 Å². The maximum atomic E-state index is 12.1. The first kappa shape index (κ1) is 13.2. The van der Waals surface area contributed by atoms with Crippen LogP contribution in [-0.2, 0) is 4.79 Å². The van der Waals surface area contributed by atoms with Gasteiger partial charge in [0.25, 0.3) is 5.91 Å². The van der Waals surface area contributed by atoms with Gasteiger partial charge in [0.15, 0.2) is 6.61 Å². The second-order valence-electron chi connectivity index (χ2n) is 5.73. The van der Waals surface area contributed by atoms with E-state index in [9.17, 15) is 9.90 Å². The number of nitrogens with two attached hydrogens (primary N) is 1. The lowest BCUT2D eigenvalue weighted by atomic mass is 10.00. The van der Waals surface area contributed by atoms with Crippen LogP contribution in [0.4, 0.5) is 5.69 Å². The standard InChI is InChI=1S/C15H20N2O3/c16-11-2-4-12(5-3-11)20-9-15(19)17-7-10-1-6-14(18)13(10)8-17/h2-5,10,13-14,18H,1,6-9,16H2. The molecule has 1 heterocycles. The summed E-state index contributed by atoms with van der Waals surface area (Å²) in [5.41, 5.74) is 6.26. The van der Waals surface area contributed by atoms with Gasteiger partial charge < -0.3 is 20.5 Å². The number of ether oxygens (including phenoxy) is 1. The molecular formula is C15H20N2O3. The minimum atomic E-state index is -0.240. The molecule has 3 N–H and O–H groups in total. The molecule has 0 aromatic heterocycles. The molecule has 2 fully saturated rings. The fourth-order valence-electron chi connectivity index (χ4n) is 3.24. The van der Waals surface area contributed by atoms with Crippen molar-refractivity contribution in [2.45, 2.75) is 18.9 Å². The third-order valence-electron chi connectivity index (χ3n) is 4.41. The molecule has 0 bridgehead atoms. The van der Waals surface area contributed by atoms with Gasteiger partial charge in [-0.15, -0.1) is 0 Å². The zero-order chi connectivity index (χ0) is 14.1. The van der Waals surface area contributed by atoms with E-state index in [1.807, 2.05) is 4.90 Å². The highest BCUT2D eigenvalue weighted by Gasteiger charge is 2.43. The Morgan fingerprint density at radius 1 is 1.30 bits per heavy atom. The number of carbonyl (C=O) groups excluding carboxylic acids is 1. The van der Waals surface area contributed by atoms with E-state index in [2.05, 4.69) is 0 Å². The van der Waals surface area contributed by atoms with Crippen molar-refractivity contribution in [1.29, 1.82) is 0 Å². The van der Waals surface area contributed by atoms with Gasteiger partial charge in [0.2, 0.25) is 0 Å². The number of hydrogen-bond acceptors (Lipinski definition) is 4. The summed E-state index contributed by atoms with van der Waals surface area (Å²) < 4.78 is 5.47. The van der Waals surface area contributed by atoms with Gasteiger partial charge in [-0.2, -0.15) is 0 Å². The molecule has 0 radical (unpaired) electrons. The predicted molar refractivity (Wildman–Crippen MR) is 75.2 cm³/mol. The Labute approximate surface area is 118 Å². The predicted octanol–water partition coefficient (Wildman–Crippen LogP) is 0.877. The van der Waals surface area contributed by atoms with Gasteiger partial charge in [-0.3, -0.25) is 4.79 Å². The van der Waals surface area contributed by atoms with Crippen LogP contribution in [-0.4, -0.2) is 41.7 Å². The quantitative estimate of drug-likeness (QED) is 0.803. The molecule has 1 aromatic carbocycles. The molecule has 1 aliphatic heterocycles. The fraction of sp³-hybridized carbons (Fsp3) is 0.533. The number of carbonyl (C=O) groups is 1. The van der Waals surface area contributed by atoms with E-state index < -0.39 is 0 Å². The molecule has 1 saturated heterocycles. The zero-order valence-corrected chi connectivity index (χ0v) is 11.4. The average Bonchev–Trinajstić information content (AvgIpc) is 3.01. The first-order valence-corrected chi connectivity index (χ1v) is 7.07. The number of amides is 1. The van der Waals surface area contributed by atoms with Crippen molar-refractivity contribution in [3.8, 4) is 5.75 Å². The summed E-state index contributed by atoms with van der Waals surface area (Å²) in [5, 5.41) is 9.85. The Morgan fingerprint density at radius 2 is 2.05 bits per heavy atom. The third kappa shape index (κ3) is 2.58. The topological polar surface area (TPSA) is 75.8 Å². The highest BCUT2D eigenvalue weighted by molar-refractivity contribution is 5.78. The van der Waals surface area contributed by atoms with Crippen molar-refractivity contribution in [3.63, 3.8) is 0 Å². The van der Waals surface area contributed by atoms with Crippen LogP contribution in [0.5, 0.6) is 5.75 Å².